The molecule has 2 amide bonds. The summed E-state index contributed by atoms with van der Waals surface area (Å²) in [7, 11) is 0. The number of nitrogens with one attached hydrogen (secondary N) is 3. The number of aromatic nitrogens is 3. The molecular formula is C19H21N5O2S2. The van der Waals surface area contributed by atoms with Crippen molar-refractivity contribution >= 4 is 41.1 Å². The van der Waals surface area contributed by atoms with Crippen LogP contribution in [0.4, 0.5) is 5.69 Å². The number of anilines is 1. The molecule has 0 bridgehead atoms. The molecule has 3 N–H and O–H groups in total. The SMILES string of the molecule is CC(C)n1c(CCNC(=O)c2ccccc2NC(=O)c2cccs2)n[nH]c1=S. The smallest absolute Gasteiger partial charge is 0.265 e. The highest BCUT2D eigenvalue weighted by molar-refractivity contribution is 7.71. The first-order chi connectivity index (χ1) is 13.5. The van der Waals surface area contributed by atoms with Crippen molar-refractivity contribution in [3.8, 4) is 0 Å². The van der Waals surface area contributed by atoms with E-state index in [9.17, 15) is 9.59 Å². The van der Waals surface area contributed by atoms with E-state index in [1.54, 1.807) is 30.3 Å². The lowest BCUT2D eigenvalue weighted by atomic mass is 10.1. The second-order valence-electron chi connectivity index (χ2n) is 6.39. The standard InChI is InChI=1S/C19H21N5O2S2/c1-12(2)24-16(22-23-19(24)27)9-10-20-17(25)13-6-3-4-7-14(13)21-18(26)15-8-5-11-28-15/h3-8,11-12H,9-10H2,1-2H3,(H,20,25)(H,21,26)(H,23,27). The zero-order valence-corrected chi connectivity index (χ0v) is 17.2. The Morgan fingerprint density at radius 1 is 1.21 bits per heavy atom. The maximum absolute atomic E-state index is 12.6. The Balaban J connectivity index is 1.65. The molecule has 0 saturated heterocycles. The Morgan fingerprint density at radius 3 is 2.71 bits per heavy atom. The summed E-state index contributed by atoms with van der Waals surface area (Å²) in [6.45, 7) is 4.46. The summed E-state index contributed by atoms with van der Waals surface area (Å²) in [6.07, 6.45) is 0.542. The maximum atomic E-state index is 12.6. The normalized spacial score (nSPS) is 10.8. The maximum Gasteiger partial charge on any atom is 0.265 e. The van der Waals surface area contributed by atoms with Crippen molar-refractivity contribution in [1.29, 1.82) is 0 Å². The second kappa shape index (κ2) is 8.94. The van der Waals surface area contributed by atoms with Gasteiger partial charge in [0.1, 0.15) is 5.82 Å². The molecule has 28 heavy (non-hydrogen) atoms. The first-order valence-corrected chi connectivity index (χ1v) is 10.1. The van der Waals surface area contributed by atoms with Gasteiger partial charge in [0.25, 0.3) is 11.8 Å². The van der Waals surface area contributed by atoms with E-state index in [-0.39, 0.29) is 17.9 Å². The van der Waals surface area contributed by atoms with E-state index in [0.29, 0.717) is 33.9 Å². The molecule has 0 saturated carbocycles. The van der Waals surface area contributed by atoms with Crippen LogP contribution in [0.25, 0.3) is 0 Å². The summed E-state index contributed by atoms with van der Waals surface area (Å²) < 4.78 is 2.49. The van der Waals surface area contributed by atoms with Crippen LogP contribution in [0.1, 0.15) is 45.7 Å². The predicted octanol–water partition coefficient (Wildman–Crippen LogP) is 3.81. The number of para-hydroxylation sites is 1. The van der Waals surface area contributed by atoms with Gasteiger partial charge in [0.05, 0.1) is 16.1 Å². The van der Waals surface area contributed by atoms with Gasteiger partial charge < -0.3 is 15.2 Å². The predicted molar refractivity (Wildman–Crippen MR) is 113 cm³/mol. The van der Waals surface area contributed by atoms with E-state index < -0.39 is 0 Å². The highest BCUT2D eigenvalue weighted by Crippen LogP contribution is 2.18. The Labute approximate surface area is 171 Å². The number of aromatic amines is 1. The van der Waals surface area contributed by atoms with E-state index in [1.165, 1.54) is 11.3 Å². The summed E-state index contributed by atoms with van der Waals surface area (Å²) in [5.74, 6) is 0.301. The Morgan fingerprint density at radius 2 is 2.00 bits per heavy atom. The van der Waals surface area contributed by atoms with E-state index >= 15 is 0 Å². The summed E-state index contributed by atoms with van der Waals surface area (Å²) in [5, 5.41) is 14.5. The molecule has 3 aromatic rings. The van der Waals surface area contributed by atoms with Crippen LogP contribution in [0.5, 0.6) is 0 Å². The number of hydrogen-bond acceptors (Lipinski definition) is 5. The number of benzene rings is 1. The van der Waals surface area contributed by atoms with E-state index in [4.69, 9.17) is 12.2 Å². The second-order valence-corrected chi connectivity index (χ2v) is 7.73. The third-order valence-corrected chi connectivity index (χ3v) is 5.25. The Hall–Kier alpha value is -2.78. The molecule has 2 aromatic heterocycles. The van der Waals surface area contributed by atoms with Crippen LogP contribution in [-0.4, -0.2) is 33.1 Å². The Kier molecular flexibility index (Phi) is 6.37. The monoisotopic (exact) mass is 415 g/mol. The molecule has 0 spiro atoms. The first-order valence-electron chi connectivity index (χ1n) is 8.85. The van der Waals surface area contributed by atoms with E-state index in [2.05, 4.69) is 20.8 Å². The number of carbonyl (C=O) groups is 2. The molecule has 146 valence electrons. The van der Waals surface area contributed by atoms with E-state index in [1.807, 2.05) is 29.9 Å². The zero-order valence-electron chi connectivity index (χ0n) is 15.6. The first kappa shape index (κ1) is 20.0. The lowest BCUT2D eigenvalue weighted by Gasteiger charge is -2.12. The average molecular weight is 416 g/mol. The van der Waals surface area contributed by atoms with Gasteiger partial charge in [-0.1, -0.05) is 18.2 Å². The number of nitrogens with zero attached hydrogens (tertiary/aromatic N) is 2. The Bertz CT molecular complexity index is 1020. The fourth-order valence-electron chi connectivity index (χ4n) is 2.81. The van der Waals surface area contributed by atoms with Crippen molar-refractivity contribution in [1.82, 2.24) is 20.1 Å². The van der Waals surface area contributed by atoms with Crippen LogP contribution in [0.15, 0.2) is 41.8 Å². The van der Waals surface area contributed by atoms with Crippen LogP contribution in [-0.2, 0) is 6.42 Å². The topological polar surface area (TPSA) is 91.8 Å². The molecule has 0 aliphatic rings. The summed E-state index contributed by atoms with van der Waals surface area (Å²) in [5.41, 5.74) is 0.887. The van der Waals surface area contributed by atoms with Crippen LogP contribution in [0.3, 0.4) is 0 Å². The van der Waals surface area contributed by atoms with Crippen LogP contribution in [0.2, 0.25) is 0 Å². The molecule has 0 radical (unpaired) electrons. The number of rotatable bonds is 7. The third-order valence-electron chi connectivity index (χ3n) is 4.09. The average Bonchev–Trinajstić information content (AvgIpc) is 3.32. The van der Waals surface area contributed by atoms with Gasteiger partial charge in [0.2, 0.25) is 0 Å². The van der Waals surface area contributed by atoms with Gasteiger partial charge in [-0.25, -0.2) is 0 Å². The van der Waals surface area contributed by atoms with Crippen LogP contribution < -0.4 is 10.6 Å². The van der Waals surface area contributed by atoms with Gasteiger partial charge in [0, 0.05) is 19.0 Å². The minimum atomic E-state index is -0.257. The van der Waals surface area contributed by atoms with Crippen LogP contribution >= 0.6 is 23.6 Å². The van der Waals surface area contributed by atoms with Gasteiger partial charge in [-0.05, 0) is 49.6 Å². The molecule has 0 atom stereocenters. The number of thiophene rings is 1. The van der Waals surface area contributed by atoms with Crippen molar-refractivity contribution in [3.05, 3.63) is 62.8 Å². The number of H-pyrrole nitrogens is 1. The van der Waals surface area contributed by atoms with Crippen molar-refractivity contribution < 1.29 is 9.59 Å². The van der Waals surface area contributed by atoms with Gasteiger partial charge >= 0.3 is 0 Å². The molecule has 7 nitrogen and oxygen atoms in total. The molecule has 0 fully saturated rings. The molecule has 0 aliphatic carbocycles. The summed E-state index contributed by atoms with van der Waals surface area (Å²) in [6, 6.07) is 10.7. The zero-order chi connectivity index (χ0) is 20.1. The number of carbonyl (C=O) groups excluding carboxylic acids is 2. The summed E-state index contributed by atoms with van der Waals surface area (Å²) in [4.78, 5) is 25.5. The molecule has 0 unspecified atom stereocenters. The van der Waals surface area contributed by atoms with Gasteiger partial charge in [0.15, 0.2) is 4.77 Å². The quantitative estimate of drug-likeness (QED) is 0.512. The van der Waals surface area contributed by atoms with Crippen LogP contribution in [0, 0.1) is 4.77 Å². The fourth-order valence-corrected chi connectivity index (χ4v) is 3.79. The number of amides is 2. The molecular weight excluding hydrogens is 394 g/mol. The van der Waals surface area contributed by atoms with Crippen molar-refractivity contribution in [2.24, 2.45) is 0 Å². The highest BCUT2D eigenvalue weighted by atomic mass is 32.1. The molecule has 2 heterocycles. The largest absolute Gasteiger partial charge is 0.352 e. The molecule has 0 aliphatic heterocycles. The minimum Gasteiger partial charge on any atom is -0.352 e. The minimum absolute atomic E-state index is 0.185. The highest BCUT2D eigenvalue weighted by Gasteiger charge is 2.15. The molecule has 3 rings (SSSR count). The van der Waals surface area contributed by atoms with Gasteiger partial charge in [-0.15, -0.1) is 11.3 Å². The fraction of sp³-hybridized carbons (Fsp3) is 0.263. The third kappa shape index (κ3) is 4.55. The molecule has 1 aromatic carbocycles. The van der Waals surface area contributed by atoms with Crippen molar-refractivity contribution in [3.63, 3.8) is 0 Å². The van der Waals surface area contributed by atoms with Gasteiger partial charge in [-0.2, -0.15) is 5.10 Å². The van der Waals surface area contributed by atoms with Crippen molar-refractivity contribution in [2.45, 2.75) is 26.3 Å². The van der Waals surface area contributed by atoms with Gasteiger partial charge in [-0.3, -0.25) is 14.7 Å². The van der Waals surface area contributed by atoms with E-state index in [0.717, 1.165) is 5.82 Å². The lowest BCUT2D eigenvalue weighted by Crippen LogP contribution is -2.28. The molecule has 9 heteroatoms. The summed E-state index contributed by atoms with van der Waals surface area (Å²) >= 11 is 6.59. The lowest BCUT2D eigenvalue weighted by molar-refractivity contribution is 0.0954. The number of hydrogen-bond donors (Lipinski definition) is 3. The van der Waals surface area contributed by atoms with Crippen molar-refractivity contribution in [2.75, 3.05) is 11.9 Å².